The van der Waals surface area contributed by atoms with Crippen LogP contribution < -0.4 is 0 Å². The molecule has 0 N–H and O–H groups in total. The molecular formula is C12H22O4Sn. The molecule has 0 amide bonds. The van der Waals surface area contributed by atoms with E-state index in [-0.39, 0.29) is 35.7 Å². The molecule has 4 nitrogen and oxygen atoms in total. The van der Waals surface area contributed by atoms with Crippen molar-refractivity contribution in [2.24, 2.45) is 11.8 Å². The summed E-state index contributed by atoms with van der Waals surface area (Å²) in [7, 11) is 0. The van der Waals surface area contributed by atoms with Gasteiger partial charge in [0.1, 0.15) is 0 Å². The Balaban J connectivity index is 0. The second-order valence-corrected chi connectivity index (χ2v) is 4.38. The summed E-state index contributed by atoms with van der Waals surface area (Å²) in [6.07, 6.45) is 2.18. The molecule has 0 aliphatic rings. The number of esters is 2. The molecule has 0 rings (SSSR count). The molecule has 0 unspecified atom stereocenters. The van der Waals surface area contributed by atoms with Crippen LogP contribution in [0.1, 0.15) is 27.7 Å². The van der Waals surface area contributed by atoms with Crippen LogP contribution in [0.4, 0.5) is 0 Å². The van der Waals surface area contributed by atoms with Crippen LogP contribution in [0.2, 0.25) is 0 Å². The van der Waals surface area contributed by atoms with E-state index in [1.54, 1.807) is 0 Å². The molecule has 0 fully saturated rings. The number of hydrogen-bond donors (Lipinski definition) is 0. The predicted molar refractivity (Wildman–Crippen MR) is 69.3 cm³/mol. The van der Waals surface area contributed by atoms with Crippen molar-refractivity contribution >= 4 is 35.8 Å². The van der Waals surface area contributed by atoms with Gasteiger partial charge >= 0.3 is 35.8 Å². The van der Waals surface area contributed by atoms with Crippen molar-refractivity contribution in [3.05, 3.63) is 12.2 Å². The molecular weight excluding hydrogens is 327 g/mol. The van der Waals surface area contributed by atoms with Crippen molar-refractivity contribution < 1.29 is 19.1 Å². The minimum atomic E-state index is -0.518. The first kappa shape index (κ1) is 18.8. The van der Waals surface area contributed by atoms with E-state index in [9.17, 15) is 9.59 Å². The van der Waals surface area contributed by atoms with Gasteiger partial charge in [0, 0.05) is 12.2 Å². The Morgan fingerprint density at radius 1 is 0.882 bits per heavy atom. The van der Waals surface area contributed by atoms with Gasteiger partial charge in [-0.15, -0.1) is 0 Å². The van der Waals surface area contributed by atoms with Gasteiger partial charge in [0.05, 0.1) is 13.2 Å². The predicted octanol–water partition coefficient (Wildman–Crippen LogP) is 1.02. The van der Waals surface area contributed by atoms with Crippen LogP contribution >= 0.6 is 0 Å². The summed E-state index contributed by atoms with van der Waals surface area (Å²) in [5.41, 5.74) is 0. The molecule has 0 saturated carbocycles. The molecule has 0 heterocycles. The van der Waals surface area contributed by atoms with E-state index < -0.39 is 11.9 Å². The number of carbonyl (C=O) groups is 2. The number of carbonyl (C=O) groups excluding carboxylic acids is 2. The van der Waals surface area contributed by atoms with E-state index >= 15 is 0 Å². The second-order valence-electron chi connectivity index (χ2n) is 4.38. The number of ether oxygens (including phenoxy) is 2. The Labute approximate surface area is 120 Å². The van der Waals surface area contributed by atoms with Gasteiger partial charge in [-0.05, 0) is 11.8 Å². The molecule has 0 aromatic carbocycles. The van der Waals surface area contributed by atoms with Gasteiger partial charge in [-0.1, -0.05) is 27.7 Å². The zero-order valence-corrected chi connectivity index (χ0v) is 15.1. The first-order chi connectivity index (χ1) is 7.41. The Hall–Kier alpha value is -0.521. The third-order valence-electron chi connectivity index (χ3n) is 1.47. The van der Waals surface area contributed by atoms with E-state index in [2.05, 4.69) is 0 Å². The van der Waals surface area contributed by atoms with Crippen LogP contribution in [0.15, 0.2) is 12.2 Å². The van der Waals surface area contributed by atoms with Crippen molar-refractivity contribution in [3.63, 3.8) is 0 Å². The van der Waals surface area contributed by atoms with E-state index in [1.165, 1.54) is 0 Å². The van der Waals surface area contributed by atoms with E-state index in [1.807, 2.05) is 27.7 Å². The van der Waals surface area contributed by atoms with Crippen molar-refractivity contribution in [3.8, 4) is 0 Å². The number of hydrogen-bond acceptors (Lipinski definition) is 4. The molecule has 0 spiro atoms. The molecule has 0 saturated heterocycles. The van der Waals surface area contributed by atoms with Crippen LogP contribution in [0.5, 0.6) is 0 Å². The maximum atomic E-state index is 11.1. The average Bonchev–Trinajstić information content (AvgIpc) is 2.20. The second kappa shape index (κ2) is 10.6. The van der Waals surface area contributed by atoms with E-state index in [0.717, 1.165) is 12.2 Å². The van der Waals surface area contributed by atoms with Crippen LogP contribution in [0.25, 0.3) is 0 Å². The summed E-state index contributed by atoms with van der Waals surface area (Å²) in [5.74, 6) is -0.471. The molecule has 5 heteroatoms. The zero-order valence-electron chi connectivity index (χ0n) is 11.1. The maximum absolute atomic E-state index is 11.1. The average molecular weight is 349 g/mol. The SMILES string of the molecule is CC(C)COC(=O)/C=C\C(=O)OCC(C)C.[SnH2]. The molecule has 0 aromatic heterocycles. The van der Waals surface area contributed by atoms with Gasteiger partial charge in [-0.2, -0.15) is 0 Å². The van der Waals surface area contributed by atoms with E-state index in [0.29, 0.717) is 13.2 Å². The first-order valence-corrected chi connectivity index (χ1v) is 5.43. The van der Waals surface area contributed by atoms with Gasteiger partial charge < -0.3 is 9.47 Å². The van der Waals surface area contributed by atoms with Crippen LogP contribution in [-0.2, 0) is 19.1 Å². The molecule has 0 bridgehead atoms. The molecule has 0 aliphatic carbocycles. The molecule has 17 heavy (non-hydrogen) atoms. The summed E-state index contributed by atoms with van der Waals surface area (Å²) >= 11 is 0. The standard InChI is InChI=1S/C12H20O4.Sn.2H/c1-9(2)7-15-11(13)5-6-12(14)16-8-10(3)4;;;/h5-6,9-10H,7-8H2,1-4H3;;;/b6-5-;;;. The first-order valence-electron chi connectivity index (χ1n) is 5.43. The molecule has 98 valence electrons. The van der Waals surface area contributed by atoms with Gasteiger partial charge in [0.2, 0.25) is 0 Å². The molecule has 0 atom stereocenters. The van der Waals surface area contributed by atoms with Crippen molar-refractivity contribution in [2.45, 2.75) is 27.7 Å². The Kier molecular flexibility index (Phi) is 11.8. The normalized spacial score (nSPS) is 10.5. The Bertz CT molecular complexity index is 233. The Morgan fingerprint density at radius 2 is 1.18 bits per heavy atom. The summed E-state index contributed by atoms with van der Waals surface area (Å²) in [6, 6.07) is 0. The van der Waals surface area contributed by atoms with Crippen molar-refractivity contribution in [1.82, 2.24) is 0 Å². The molecule has 0 aromatic rings. The van der Waals surface area contributed by atoms with Gasteiger partial charge in [0.15, 0.2) is 0 Å². The van der Waals surface area contributed by atoms with Crippen LogP contribution in [-0.4, -0.2) is 49.1 Å². The quantitative estimate of drug-likeness (QED) is 0.408. The van der Waals surface area contributed by atoms with Gasteiger partial charge in [-0.25, -0.2) is 9.59 Å². The summed E-state index contributed by atoms with van der Waals surface area (Å²) < 4.78 is 9.69. The van der Waals surface area contributed by atoms with Crippen LogP contribution in [0, 0.1) is 11.8 Å². The zero-order chi connectivity index (χ0) is 12.6. The fourth-order valence-electron chi connectivity index (χ4n) is 0.730. The monoisotopic (exact) mass is 350 g/mol. The summed E-state index contributed by atoms with van der Waals surface area (Å²) in [6.45, 7) is 8.46. The van der Waals surface area contributed by atoms with Gasteiger partial charge in [-0.3, -0.25) is 0 Å². The summed E-state index contributed by atoms with van der Waals surface area (Å²) in [5, 5.41) is 0. The third-order valence-corrected chi connectivity index (χ3v) is 1.47. The molecule has 2 radical (unpaired) electrons. The van der Waals surface area contributed by atoms with Crippen molar-refractivity contribution in [1.29, 1.82) is 0 Å². The summed E-state index contributed by atoms with van der Waals surface area (Å²) in [4.78, 5) is 22.1. The fourth-order valence-corrected chi connectivity index (χ4v) is 0.730. The third kappa shape index (κ3) is 13.4. The van der Waals surface area contributed by atoms with E-state index in [4.69, 9.17) is 9.47 Å². The molecule has 0 aliphatic heterocycles. The fraction of sp³-hybridized carbons (Fsp3) is 0.667. The van der Waals surface area contributed by atoms with Crippen LogP contribution in [0.3, 0.4) is 0 Å². The number of rotatable bonds is 6. The van der Waals surface area contributed by atoms with Gasteiger partial charge in [0.25, 0.3) is 0 Å². The Morgan fingerprint density at radius 3 is 1.41 bits per heavy atom. The topological polar surface area (TPSA) is 52.6 Å². The van der Waals surface area contributed by atoms with Crippen molar-refractivity contribution in [2.75, 3.05) is 13.2 Å². The minimum absolute atomic E-state index is 0.